The van der Waals surface area contributed by atoms with Crippen molar-refractivity contribution < 1.29 is 4.74 Å². The van der Waals surface area contributed by atoms with Crippen molar-refractivity contribution in [2.24, 2.45) is 11.3 Å². The molecule has 1 atom stereocenters. The predicted octanol–water partition coefficient (Wildman–Crippen LogP) is 5.10. The molecule has 3 heteroatoms. The van der Waals surface area contributed by atoms with Crippen LogP contribution in [0, 0.1) is 11.3 Å². The molecule has 2 heterocycles. The zero-order valence-electron chi connectivity index (χ0n) is 17.1. The molecule has 25 heavy (non-hydrogen) atoms. The van der Waals surface area contributed by atoms with E-state index in [1.165, 1.54) is 43.5 Å². The molecule has 2 aliphatic heterocycles. The fourth-order valence-corrected chi connectivity index (χ4v) is 4.24. The molecule has 0 aromatic rings. The van der Waals surface area contributed by atoms with Crippen LogP contribution < -0.4 is 5.32 Å². The predicted molar refractivity (Wildman–Crippen MR) is 107 cm³/mol. The monoisotopic (exact) mass is 348 g/mol. The van der Waals surface area contributed by atoms with E-state index in [9.17, 15) is 0 Å². The van der Waals surface area contributed by atoms with Crippen LogP contribution in [-0.2, 0) is 4.74 Å². The maximum Gasteiger partial charge on any atom is 0.0488 e. The van der Waals surface area contributed by atoms with E-state index in [2.05, 4.69) is 51.2 Å². The van der Waals surface area contributed by atoms with Crippen molar-refractivity contribution in [3.8, 4) is 0 Å². The van der Waals surface area contributed by atoms with E-state index in [0.29, 0.717) is 11.3 Å². The Morgan fingerprint density at radius 3 is 2.40 bits per heavy atom. The molecule has 0 aromatic heterocycles. The number of hydrogen-bond donors (Lipinski definition) is 1. The number of nitrogens with one attached hydrogen (secondary N) is 1. The van der Waals surface area contributed by atoms with E-state index in [1.54, 1.807) is 0 Å². The third-order valence-electron chi connectivity index (χ3n) is 6.39. The summed E-state index contributed by atoms with van der Waals surface area (Å²) in [6.45, 7) is 18.7. The summed E-state index contributed by atoms with van der Waals surface area (Å²) in [4.78, 5) is 2.37. The van der Waals surface area contributed by atoms with E-state index in [1.807, 2.05) is 0 Å². The largest absolute Gasteiger partial charge is 0.383 e. The second-order valence-corrected chi connectivity index (χ2v) is 9.27. The van der Waals surface area contributed by atoms with Gasteiger partial charge in [-0.25, -0.2) is 0 Å². The summed E-state index contributed by atoms with van der Waals surface area (Å²) >= 11 is 0. The zero-order valence-corrected chi connectivity index (χ0v) is 17.1. The molecule has 2 aliphatic rings. The van der Waals surface area contributed by atoms with E-state index in [-0.39, 0.29) is 5.54 Å². The zero-order chi connectivity index (χ0) is 18.5. The van der Waals surface area contributed by atoms with Gasteiger partial charge >= 0.3 is 0 Å². The minimum atomic E-state index is 0.0678. The van der Waals surface area contributed by atoms with Gasteiger partial charge in [-0.3, -0.25) is 0 Å². The Kier molecular flexibility index (Phi) is 7.01. The van der Waals surface area contributed by atoms with Crippen LogP contribution in [0.3, 0.4) is 0 Å². The summed E-state index contributed by atoms with van der Waals surface area (Å²) in [5.74, 6) is 0.518. The van der Waals surface area contributed by atoms with Gasteiger partial charge in [0.05, 0.1) is 0 Å². The fraction of sp³-hybridized carbons (Fsp3) is 0.818. The number of nitrogens with zero attached hydrogens (tertiary/aromatic N) is 1. The van der Waals surface area contributed by atoms with Gasteiger partial charge in [-0.2, -0.15) is 0 Å². The van der Waals surface area contributed by atoms with Crippen LogP contribution in [0.25, 0.3) is 0 Å². The van der Waals surface area contributed by atoms with Crippen LogP contribution in [0.5, 0.6) is 0 Å². The summed E-state index contributed by atoms with van der Waals surface area (Å²) in [5, 5.41) is 3.85. The van der Waals surface area contributed by atoms with Crippen LogP contribution in [-0.4, -0.2) is 37.2 Å². The normalized spacial score (nSPS) is 29.1. The number of hydrogen-bond acceptors (Lipinski definition) is 3. The van der Waals surface area contributed by atoms with Crippen LogP contribution in [0.15, 0.2) is 24.6 Å². The first-order valence-electron chi connectivity index (χ1n) is 10.2. The minimum Gasteiger partial charge on any atom is -0.383 e. The highest BCUT2D eigenvalue weighted by Gasteiger charge is 2.35. The van der Waals surface area contributed by atoms with Gasteiger partial charge in [-0.1, -0.05) is 40.3 Å². The smallest absolute Gasteiger partial charge is 0.0488 e. The highest BCUT2D eigenvalue weighted by Crippen LogP contribution is 2.34. The maximum absolute atomic E-state index is 5.64. The fourth-order valence-electron chi connectivity index (χ4n) is 4.24. The van der Waals surface area contributed by atoms with Crippen molar-refractivity contribution in [3.63, 3.8) is 0 Å². The van der Waals surface area contributed by atoms with Crippen molar-refractivity contribution in [3.05, 3.63) is 24.6 Å². The van der Waals surface area contributed by atoms with Gasteiger partial charge in [0.1, 0.15) is 0 Å². The summed E-state index contributed by atoms with van der Waals surface area (Å²) in [6.07, 6.45) is 9.41. The second-order valence-electron chi connectivity index (χ2n) is 9.27. The minimum absolute atomic E-state index is 0.0678. The molecule has 0 unspecified atom stereocenters. The molecule has 2 saturated heterocycles. The molecule has 2 fully saturated rings. The molecular formula is C22H40N2O. The van der Waals surface area contributed by atoms with Gasteiger partial charge in [0.15, 0.2) is 0 Å². The average molecular weight is 349 g/mol. The van der Waals surface area contributed by atoms with Crippen molar-refractivity contribution in [1.82, 2.24) is 10.2 Å². The van der Waals surface area contributed by atoms with Crippen LogP contribution in [0.1, 0.15) is 72.1 Å². The molecule has 0 saturated carbocycles. The van der Waals surface area contributed by atoms with E-state index >= 15 is 0 Å². The van der Waals surface area contributed by atoms with Crippen molar-refractivity contribution in [2.75, 3.05) is 26.8 Å². The standard InChI is InChI=1S/C22H40N2O/c1-18-9-7-10-21(4,5)11-8-14-24(6)19(2)17-22(23-20(18)3)12-15-25-16-13-22/h18,23H,2-3,7-17H2,1,4-6H3/t18-/m1/s1. The molecule has 1 spiro atoms. The Balaban J connectivity index is 2.14. The van der Waals surface area contributed by atoms with Gasteiger partial charge in [0, 0.05) is 50.2 Å². The van der Waals surface area contributed by atoms with Crippen molar-refractivity contribution in [1.29, 1.82) is 0 Å². The molecule has 0 bridgehead atoms. The molecule has 0 aliphatic carbocycles. The number of rotatable bonds is 0. The lowest BCUT2D eigenvalue weighted by Crippen LogP contribution is -2.50. The van der Waals surface area contributed by atoms with Crippen LogP contribution in [0.2, 0.25) is 0 Å². The molecule has 0 aromatic carbocycles. The highest BCUT2D eigenvalue weighted by atomic mass is 16.5. The summed E-state index contributed by atoms with van der Waals surface area (Å²) in [5.41, 5.74) is 2.94. The third-order valence-corrected chi connectivity index (χ3v) is 6.39. The SMILES string of the molecule is C=C1NC2(CCOCC2)CC(=C)N(C)CCCC(C)(C)CCC[C@H]1C. The Hall–Kier alpha value is -0.960. The average Bonchev–Trinajstić information content (AvgIpc) is 2.54. The van der Waals surface area contributed by atoms with Gasteiger partial charge in [-0.15, -0.1) is 0 Å². The Bertz CT molecular complexity index is 429. The molecule has 0 radical (unpaired) electrons. The lowest BCUT2D eigenvalue weighted by molar-refractivity contribution is 0.0385. The molecular weight excluding hydrogens is 308 g/mol. The quantitative estimate of drug-likeness (QED) is 0.659. The first kappa shape index (κ1) is 20.4. The topological polar surface area (TPSA) is 24.5 Å². The Labute approximate surface area is 155 Å². The summed E-state index contributed by atoms with van der Waals surface area (Å²) < 4.78 is 5.64. The Morgan fingerprint density at radius 1 is 1.08 bits per heavy atom. The molecule has 2 rings (SSSR count). The van der Waals surface area contributed by atoms with Gasteiger partial charge in [0.25, 0.3) is 0 Å². The molecule has 3 nitrogen and oxygen atoms in total. The van der Waals surface area contributed by atoms with E-state index < -0.39 is 0 Å². The van der Waals surface area contributed by atoms with Crippen LogP contribution in [0.4, 0.5) is 0 Å². The third kappa shape index (κ3) is 6.06. The first-order valence-corrected chi connectivity index (χ1v) is 10.2. The van der Waals surface area contributed by atoms with Crippen molar-refractivity contribution >= 4 is 0 Å². The second kappa shape index (κ2) is 8.62. The molecule has 1 N–H and O–H groups in total. The first-order chi connectivity index (χ1) is 11.7. The Morgan fingerprint density at radius 2 is 1.72 bits per heavy atom. The lowest BCUT2D eigenvalue weighted by Gasteiger charge is -2.42. The highest BCUT2D eigenvalue weighted by molar-refractivity contribution is 5.11. The van der Waals surface area contributed by atoms with E-state index in [4.69, 9.17) is 4.74 Å². The van der Waals surface area contributed by atoms with Gasteiger partial charge in [0.2, 0.25) is 0 Å². The van der Waals surface area contributed by atoms with Crippen LogP contribution >= 0.6 is 0 Å². The van der Waals surface area contributed by atoms with Gasteiger partial charge < -0.3 is 15.0 Å². The molecule has 144 valence electrons. The van der Waals surface area contributed by atoms with E-state index in [0.717, 1.165) is 39.0 Å². The maximum atomic E-state index is 5.64. The number of allylic oxidation sites excluding steroid dienone is 1. The number of ether oxygens (including phenoxy) is 1. The molecule has 0 amide bonds. The van der Waals surface area contributed by atoms with Crippen molar-refractivity contribution in [2.45, 2.75) is 77.7 Å². The summed E-state index contributed by atoms with van der Waals surface area (Å²) in [6, 6.07) is 0. The van der Waals surface area contributed by atoms with Gasteiger partial charge in [-0.05, 0) is 49.9 Å². The summed E-state index contributed by atoms with van der Waals surface area (Å²) in [7, 11) is 2.20. The lowest BCUT2D eigenvalue weighted by atomic mass is 9.80.